The SMILES string of the molecule is CCOc1cc([C@@H]2CC(=O)N3CN(c4cccc(Cl)c4C)CSC3=C2C#N)ccc1O. The van der Waals surface area contributed by atoms with Crippen molar-refractivity contribution in [1.82, 2.24) is 4.90 Å². The molecular weight excluding hydrogens is 434 g/mol. The van der Waals surface area contributed by atoms with Gasteiger partial charge in [-0.2, -0.15) is 5.26 Å². The molecule has 1 fully saturated rings. The zero-order valence-corrected chi connectivity index (χ0v) is 18.8. The third-order valence-corrected chi connectivity index (χ3v) is 7.12. The van der Waals surface area contributed by atoms with Gasteiger partial charge in [0.25, 0.3) is 0 Å². The number of aromatic hydroxyl groups is 1. The molecule has 0 spiro atoms. The quantitative estimate of drug-likeness (QED) is 0.701. The molecule has 2 aliphatic heterocycles. The average Bonchev–Trinajstić information content (AvgIpc) is 2.77. The number of nitrogens with zero attached hydrogens (tertiary/aromatic N) is 3. The summed E-state index contributed by atoms with van der Waals surface area (Å²) in [5.74, 6) is 0.603. The van der Waals surface area contributed by atoms with Gasteiger partial charge in [-0.25, -0.2) is 0 Å². The first kappa shape index (κ1) is 21.4. The van der Waals surface area contributed by atoms with Crippen molar-refractivity contribution in [3.8, 4) is 17.6 Å². The number of rotatable bonds is 4. The minimum Gasteiger partial charge on any atom is -0.504 e. The van der Waals surface area contributed by atoms with Gasteiger partial charge in [0.05, 0.1) is 35.8 Å². The molecule has 6 nitrogen and oxygen atoms in total. The summed E-state index contributed by atoms with van der Waals surface area (Å²) < 4.78 is 5.49. The zero-order valence-electron chi connectivity index (χ0n) is 17.3. The molecule has 0 unspecified atom stereocenters. The topological polar surface area (TPSA) is 76.8 Å². The standard InChI is InChI=1S/C23H22ClN3O3S/c1-3-30-21-9-15(7-8-20(21)28)16-10-22(29)27-12-26(13-31-23(27)17(16)11-25)19-6-4-5-18(24)14(19)2/h4-9,16,28H,3,10,12-13H2,1-2H3/t16-/m0/s1. The molecular formula is C23H22ClN3O3S. The molecule has 1 atom stereocenters. The Hall–Kier alpha value is -2.82. The molecule has 31 heavy (non-hydrogen) atoms. The van der Waals surface area contributed by atoms with E-state index in [4.69, 9.17) is 16.3 Å². The first-order chi connectivity index (χ1) is 14.9. The van der Waals surface area contributed by atoms with E-state index in [0.717, 1.165) is 16.8 Å². The highest BCUT2D eigenvalue weighted by atomic mass is 35.5. The molecule has 2 aromatic carbocycles. The number of hydrogen-bond donors (Lipinski definition) is 1. The van der Waals surface area contributed by atoms with E-state index in [1.807, 2.05) is 32.0 Å². The van der Waals surface area contributed by atoms with Crippen LogP contribution in [0.3, 0.4) is 0 Å². The molecule has 0 saturated carbocycles. The maximum atomic E-state index is 13.1. The van der Waals surface area contributed by atoms with E-state index >= 15 is 0 Å². The van der Waals surface area contributed by atoms with Crippen LogP contribution >= 0.6 is 23.4 Å². The van der Waals surface area contributed by atoms with E-state index in [-0.39, 0.29) is 24.0 Å². The molecule has 0 radical (unpaired) electrons. The number of ether oxygens (including phenoxy) is 1. The summed E-state index contributed by atoms with van der Waals surface area (Å²) in [7, 11) is 0. The highest BCUT2D eigenvalue weighted by Gasteiger charge is 2.38. The lowest BCUT2D eigenvalue weighted by Gasteiger charge is -2.42. The predicted octanol–water partition coefficient (Wildman–Crippen LogP) is 4.97. The Morgan fingerprint density at radius 1 is 1.35 bits per heavy atom. The van der Waals surface area contributed by atoms with Gasteiger partial charge < -0.3 is 14.7 Å². The van der Waals surface area contributed by atoms with Gasteiger partial charge in [0.1, 0.15) is 0 Å². The maximum absolute atomic E-state index is 13.1. The number of carbonyl (C=O) groups is 1. The van der Waals surface area contributed by atoms with Crippen LogP contribution in [0.4, 0.5) is 5.69 Å². The highest BCUT2D eigenvalue weighted by Crippen LogP contribution is 2.45. The second kappa shape index (κ2) is 8.74. The van der Waals surface area contributed by atoms with Crippen LogP contribution in [0.15, 0.2) is 47.0 Å². The van der Waals surface area contributed by atoms with E-state index in [9.17, 15) is 15.2 Å². The van der Waals surface area contributed by atoms with E-state index in [0.29, 0.717) is 40.5 Å². The Labute approximate surface area is 190 Å². The number of benzene rings is 2. The van der Waals surface area contributed by atoms with Crippen LogP contribution in [0.1, 0.15) is 30.4 Å². The van der Waals surface area contributed by atoms with Gasteiger partial charge in [-0.05, 0) is 49.2 Å². The number of fused-ring (bicyclic) bond motifs is 1. The largest absolute Gasteiger partial charge is 0.504 e. The molecule has 4 rings (SSSR count). The number of allylic oxidation sites excluding steroid dienone is 1. The average molecular weight is 456 g/mol. The van der Waals surface area contributed by atoms with Crippen molar-refractivity contribution in [2.24, 2.45) is 0 Å². The van der Waals surface area contributed by atoms with Crippen LogP contribution in [0.25, 0.3) is 0 Å². The smallest absolute Gasteiger partial charge is 0.229 e. The predicted molar refractivity (Wildman–Crippen MR) is 122 cm³/mol. The molecule has 1 amide bonds. The second-order valence-corrected chi connectivity index (χ2v) is 8.75. The van der Waals surface area contributed by atoms with E-state index < -0.39 is 0 Å². The van der Waals surface area contributed by atoms with Crippen LogP contribution in [0.5, 0.6) is 11.5 Å². The monoisotopic (exact) mass is 455 g/mol. The fourth-order valence-electron chi connectivity index (χ4n) is 3.96. The molecule has 1 saturated heterocycles. The minimum atomic E-state index is -0.365. The molecule has 0 aliphatic carbocycles. The minimum absolute atomic E-state index is 0.0399. The third-order valence-electron chi connectivity index (χ3n) is 5.56. The first-order valence-corrected chi connectivity index (χ1v) is 11.3. The summed E-state index contributed by atoms with van der Waals surface area (Å²) in [6.07, 6.45) is 0.186. The van der Waals surface area contributed by atoms with E-state index in [1.165, 1.54) is 11.8 Å². The van der Waals surface area contributed by atoms with Crippen molar-refractivity contribution in [1.29, 1.82) is 5.26 Å². The lowest BCUT2D eigenvalue weighted by Crippen LogP contribution is -2.47. The number of thioether (sulfide) groups is 1. The number of nitriles is 1. The van der Waals surface area contributed by atoms with Gasteiger partial charge in [-0.3, -0.25) is 9.69 Å². The van der Waals surface area contributed by atoms with Gasteiger partial charge in [0.15, 0.2) is 11.5 Å². The van der Waals surface area contributed by atoms with Crippen molar-refractivity contribution in [3.05, 3.63) is 63.1 Å². The Balaban J connectivity index is 1.68. The number of halogens is 1. The molecule has 8 heteroatoms. The number of anilines is 1. The third kappa shape index (κ3) is 3.93. The lowest BCUT2D eigenvalue weighted by molar-refractivity contribution is -0.129. The highest BCUT2D eigenvalue weighted by molar-refractivity contribution is 8.03. The number of carbonyl (C=O) groups excluding carboxylic acids is 1. The Morgan fingerprint density at radius 3 is 2.90 bits per heavy atom. The summed E-state index contributed by atoms with van der Waals surface area (Å²) >= 11 is 7.77. The lowest BCUT2D eigenvalue weighted by atomic mass is 9.86. The Morgan fingerprint density at radius 2 is 2.16 bits per heavy atom. The molecule has 1 N–H and O–H groups in total. The number of hydrogen-bond acceptors (Lipinski definition) is 6. The Bertz CT molecular complexity index is 1110. The van der Waals surface area contributed by atoms with Crippen LogP contribution < -0.4 is 9.64 Å². The second-order valence-electron chi connectivity index (χ2n) is 7.41. The van der Waals surface area contributed by atoms with Gasteiger partial charge in [0, 0.05) is 23.0 Å². The van der Waals surface area contributed by atoms with Gasteiger partial charge in [0.2, 0.25) is 5.91 Å². The van der Waals surface area contributed by atoms with Crippen LogP contribution in [-0.2, 0) is 4.79 Å². The summed E-state index contributed by atoms with van der Waals surface area (Å²) in [6, 6.07) is 13.1. The number of phenols is 1. The molecule has 0 aromatic heterocycles. The van der Waals surface area contributed by atoms with Crippen LogP contribution in [0.2, 0.25) is 5.02 Å². The number of phenolic OH excluding ortho intramolecular Hbond substituents is 1. The van der Waals surface area contributed by atoms with Crippen LogP contribution in [0, 0.1) is 18.3 Å². The van der Waals surface area contributed by atoms with E-state index in [2.05, 4.69) is 11.0 Å². The molecule has 2 heterocycles. The number of amides is 1. The van der Waals surface area contributed by atoms with E-state index in [1.54, 1.807) is 23.1 Å². The van der Waals surface area contributed by atoms with Crippen molar-refractivity contribution < 1.29 is 14.6 Å². The summed E-state index contributed by atoms with van der Waals surface area (Å²) in [5.41, 5.74) is 3.30. The normalized spacial score (nSPS) is 18.6. The molecule has 2 aliphatic rings. The summed E-state index contributed by atoms with van der Waals surface area (Å²) in [6.45, 7) is 4.58. The Kier molecular flexibility index (Phi) is 6.03. The van der Waals surface area contributed by atoms with Gasteiger partial charge >= 0.3 is 0 Å². The van der Waals surface area contributed by atoms with Crippen molar-refractivity contribution >= 4 is 35.0 Å². The van der Waals surface area contributed by atoms with Gasteiger partial charge in [-0.1, -0.05) is 35.5 Å². The molecule has 2 aromatic rings. The fourth-order valence-corrected chi connectivity index (χ4v) is 5.28. The fraction of sp³-hybridized carbons (Fsp3) is 0.304. The first-order valence-electron chi connectivity index (χ1n) is 9.97. The van der Waals surface area contributed by atoms with Crippen molar-refractivity contribution in [3.63, 3.8) is 0 Å². The maximum Gasteiger partial charge on any atom is 0.229 e. The van der Waals surface area contributed by atoms with Crippen molar-refractivity contribution in [2.45, 2.75) is 26.2 Å². The summed E-state index contributed by atoms with van der Waals surface area (Å²) in [4.78, 5) is 16.9. The van der Waals surface area contributed by atoms with Crippen LogP contribution in [-0.4, -0.2) is 35.1 Å². The molecule has 0 bridgehead atoms. The molecule has 160 valence electrons. The summed E-state index contributed by atoms with van der Waals surface area (Å²) in [5, 5.41) is 21.4. The van der Waals surface area contributed by atoms with Gasteiger partial charge in [-0.15, -0.1) is 0 Å². The zero-order chi connectivity index (χ0) is 22.1. The van der Waals surface area contributed by atoms with Crippen molar-refractivity contribution in [2.75, 3.05) is 24.1 Å².